The van der Waals surface area contributed by atoms with Crippen molar-refractivity contribution in [1.29, 1.82) is 0 Å². The number of benzene rings is 1. The summed E-state index contributed by atoms with van der Waals surface area (Å²) in [4.78, 5) is 2.51. The SMILES string of the molecule is COc1cc(C)ccc1OCCN1CC[C@]2(OC)CC[C@H](OC)C[C@H]12. The van der Waals surface area contributed by atoms with Gasteiger partial charge in [-0.15, -0.1) is 0 Å². The van der Waals surface area contributed by atoms with E-state index in [4.69, 9.17) is 18.9 Å². The summed E-state index contributed by atoms with van der Waals surface area (Å²) in [7, 11) is 5.36. The molecule has 1 heterocycles. The van der Waals surface area contributed by atoms with Crippen molar-refractivity contribution in [3.63, 3.8) is 0 Å². The number of hydrogen-bond donors (Lipinski definition) is 0. The molecule has 0 radical (unpaired) electrons. The lowest BCUT2D eigenvalue weighted by Crippen LogP contribution is -2.52. The fourth-order valence-corrected chi connectivity index (χ4v) is 4.40. The Balaban J connectivity index is 1.60. The van der Waals surface area contributed by atoms with Gasteiger partial charge in [0.1, 0.15) is 6.61 Å². The fourth-order valence-electron chi connectivity index (χ4n) is 4.40. The maximum absolute atomic E-state index is 6.01. The zero-order valence-electron chi connectivity index (χ0n) is 15.9. The molecule has 2 fully saturated rings. The van der Waals surface area contributed by atoms with Crippen LogP contribution in [0.4, 0.5) is 0 Å². The third-order valence-corrected chi connectivity index (χ3v) is 5.94. The largest absolute Gasteiger partial charge is 0.493 e. The molecular weight excluding hydrogens is 318 g/mol. The minimum atomic E-state index is -0.00339. The smallest absolute Gasteiger partial charge is 0.161 e. The molecule has 1 aromatic rings. The van der Waals surface area contributed by atoms with E-state index >= 15 is 0 Å². The molecule has 3 rings (SSSR count). The summed E-state index contributed by atoms with van der Waals surface area (Å²) in [5.41, 5.74) is 1.16. The van der Waals surface area contributed by atoms with E-state index in [0.29, 0.717) is 18.8 Å². The maximum Gasteiger partial charge on any atom is 0.161 e. The van der Waals surface area contributed by atoms with E-state index in [9.17, 15) is 0 Å². The van der Waals surface area contributed by atoms with Gasteiger partial charge in [0.05, 0.1) is 18.8 Å². The minimum Gasteiger partial charge on any atom is -0.493 e. The van der Waals surface area contributed by atoms with Crippen molar-refractivity contribution in [3.05, 3.63) is 23.8 Å². The number of likely N-dealkylation sites (tertiary alicyclic amines) is 1. The van der Waals surface area contributed by atoms with Crippen LogP contribution in [-0.2, 0) is 9.47 Å². The summed E-state index contributed by atoms with van der Waals surface area (Å²) in [5.74, 6) is 1.61. The molecule has 1 aliphatic carbocycles. The quantitative estimate of drug-likeness (QED) is 0.757. The molecule has 1 saturated carbocycles. The van der Waals surface area contributed by atoms with E-state index in [1.54, 1.807) is 7.11 Å². The molecule has 0 unspecified atom stereocenters. The van der Waals surface area contributed by atoms with E-state index < -0.39 is 0 Å². The summed E-state index contributed by atoms with van der Waals surface area (Å²) >= 11 is 0. The first kappa shape index (κ1) is 18.5. The molecule has 2 aliphatic rings. The number of hydrogen-bond acceptors (Lipinski definition) is 5. The predicted octanol–water partition coefficient (Wildman–Crippen LogP) is 3.04. The van der Waals surface area contributed by atoms with Gasteiger partial charge in [-0.25, -0.2) is 0 Å². The summed E-state index contributed by atoms with van der Waals surface area (Å²) in [6, 6.07) is 6.46. The van der Waals surface area contributed by atoms with Crippen molar-refractivity contribution >= 4 is 0 Å². The van der Waals surface area contributed by atoms with E-state index in [-0.39, 0.29) is 5.60 Å². The molecule has 0 aromatic heterocycles. The molecule has 3 atom stereocenters. The van der Waals surface area contributed by atoms with Crippen LogP contribution in [-0.4, -0.2) is 63.7 Å². The van der Waals surface area contributed by atoms with Gasteiger partial charge in [-0.3, -0.25) is 4.90 Å². The number of rotatable bonds is 7. The Bertz CT molecular complexity index is 579. The number of fused-ring (bicyclic) bond motifs is 1. The first-order valence-corrected chi connectivity index (χ1v) is 9.21. The Labute approximate surface area is 151 Å². The third-order valence-electron chi connectivity index (χ3n) is 5.94. The third kappa shape index (κ3) is 3.78. The molecule has 1 aromatic carbocycles. The Morgan fingerprint density at radius 3 is 2.72 bits per heavy atom. The highest BCUT2D eigenvalue weighted by Crippen LogP contribution is 2.42. The lowest BCUT2D eigenvalue weighted by molar-refractivity contribution is -0.0944. The Morgan fingerprint density at radius 2 is 2.00 bits per heavy atom. The van der Waals surface area contributed by atoms with Gasteiger partial charge < -0.3 is 18.9 Å². The number of ether oxygens (including phenoxy) is 4. The molecular formula is C20H31NO4. The Kier molecular flexibility index (Phi) is 5.87. The lowest BCUT2D eigenvalue weighted by Gasteiger charge is -2.43. The van der Waals surface area contributed by atoms with Crippen LogP contribution in [0.1, 0.15) is 31.2 Å². The van der Waals surface area contributed by atoms with Gasteiger partial charge in [0.25, 0.3) is 0 Å². The van der Waals surface area contributed by atoms with Gasteiger partial charge in [0.2, 0.25) is 0 Å². The Morgan fingerprint density at radius 1 is 1.16 bits per heavy atom. The molecule has 1 aliphatic heterocycles. The minimum absolute atomic E-state index is 0.00339. The van der Waals surface area contributed by atoms with E-state index in [1.807, 2.05) is 32.4 Å². The van der Waals surface area contributed by atoms with Gasteiger partial charge in [-0.05, 0) is 50.3 Å². The van der Waals surface area contributed by atoms with Crippen molar-refractivity contribution < 1.29 is 18.9 Å². The van der Waals surface area contributed by atoms with Crippen LogP contribution in [0.3, 0.4) is 0 Å². The van der Waals surface area contributed by atoms with Crippen LogP contribution >= 0.6 is 0 Å². The monoisotopic (exact) mass is 349 g/mol. The molecule has 0 amide bonds. The average molecular weight is 349 g/mol. The zero-order chi connectivity index (χ0) is 17.9. The maximum atomic E-state index is 6.01. The standard InChI is InChI=1S/C20H31NO4/c1-15-5-6-17(18(13-15)23-3)25-12-11-21-10-9-20(24-4)8-7-16(22-2)14-19(20)21/h5-6,13,16,19H,7-12,14H2,1-4H3/t16-,19-,20+/m0/s1. The summed E-state index contributed by atoms with van der Waals surface area (Å²) in [6.45, 7) is 4.65. The first-order chi connectivity index (χ1) is 12.1. The molecule has 25 heavy (non-hydrogen) atoms. The molecule has 5 heteroatoms. The van der Waals surface area contributed by atoms with Crippen molar-refractivity contribution in [3.8, 4) is 11.5 Å². The molecule has 0 N–H and O–H groups in total. The van der Waals surface area contributed by atoms with Crippen molar-refractivity contribution in [2.24, 2.45) is 0 Å². The van der Waals surface area contributed by atoms with Crippen LogP contribution in [0, 0.1) is 6.92 Å². The van der Waals surface area contributed by atoms with Gasteiger partial charge in [-0.1, -0.05) is 6.07 Å². The van der Waals surface area contributed by atoms with Crippen LogP contribution in [0.5, 0.6) is 11.5 Å². The molecule has 0 bridgehead atoms. The van der Waals surface area contributed by atoms with Crippen LogP contribution < -0.4 is 9.47 Å². The van der Waals surface area contributed by atoms with Crippen molar-refractivity contribution in [2.45, 2.75) is 50.4 Å². The summed E-state index contributed by atoms with van der Waals surface area (Å²) in [6.07, 6.45) is 4.64. The second-order valence-electron chi connectivity index (χ2n) is 7.21. The average Bonchev–Trinajstić information content (AvgIpc) is 3.01. The van der Waals surface area contributed by atoms with Gasteiger partial charge in [0.15, 0.2) is 11.5 Å². The van der Waals surface area contributed by atoms with Gasteiger partial charge in [0, 0.05) is 33.4 Å². The summed E-state index contributed by atoms with van der Waals surface area (Å²) < 4.78 is 23.0. The molecule has 5 nitrogen and oxygen atoms in total. The van der Waals surface area contributed by atoms with Crippen LogP contribution in [0.25, 0.3) is 0 Å². The molecule has 140 valence electrons. The Hall–Kier alpha value is -1.30. The number of aryl methyl sites for hydroxylation is 1. The van der Waals surface area contributed by atoms with Crippen LogP contribution in [0.2, 0.25) is 0 Å². The van der Waals surface area contributed by atoms with Crippen molar-refractivity contribution in [2.75, 3.05) is 41.0 Å². The topological polar surface area (TPSA) is 40.2 Å². The zero-order valence-corrected chi connectivity index (χ0v) is 15.9. The highest BCUT2D eigenvalue weighted by molar-refractivity contribution is 5.42. The van der Waals surface area contributed by atoms with E-state index in [2.05, 4.69) is 11.8 Å². The van der Waals surface area contributed by atoms with Gasteiger partial charge >= 0.3 is 0 Å². The second kappa shape index (κ2) is 7.94. The van der Waals surface area contributed by atoms with Gasteiger partial charge in [-0.2, -0.15) is 0 Å². The predicted molar refractivity (Wildman–Crippen MR) is 97.6 cm³/mol. The summed E-state index contributed by atoms with van der Waals surface area (Å²) in [5, 5.41) is 0. The number of methoxy groups -OCH3 is 3. The van der Waals surface area contributed by atoms with E-state index in [0.717, 1.165) is 50.3 Å². The first-order valence-electron chi connectivity index (χ1n) is 9.21. The lowest BCUT2D eigenvalue weighted by atomic mass is 9.79. The highest BCUT2D eigenvalue weighted by Gasteiger charge is 2.50. The van der Waals surface area contributed by atoms with Crippen LogP contribution in [0.15, 0.2) is 18.2 Å². The fraction of sp³-hybridized carbons (Fsp3) is 0.700. The normalized spacial score (nSPS) is 29.4. The molecule has 1 saturated heterocycles. The highest BCUT2D eigenvalue weighted by atomic mass is 16.5. The van der Waals surface area contributed by atoms with Crippen molar-refractivity contribution in [1.82, 2.24) is 4.90 Å². The van der Waals surface area contributed by atoms with E-state index in [1.165, 1.54) is 5.56 Å². The number of nitrogens with zero attached hydrogens (tertiary/aromatic N) is 1. The molecule has 0 spiro atoms. The second-order valence-corrected chi connectivity index (χ2v) is 7.21.